The van der Waals surface area contributed by atoms with Crippen LogP contribution < -0.4 is 5.32 Å². The van der Waals surface area contributed by atoms with Gasteiger partial charge in [-0.3, -0.25) is 4.79 Å². The highest BCUT2D eigenvalue weighted by Gasteiger charge is 2.30. The van der Waals surface area contributed by atoms with Gasteiger partial charge in [0, 0.05) is 11.3 Å². The maximum Gasteiger partial charge on any atom is 0.416 e. The number of anilines is 1. The van der Waals surface area contributed by atoms with E-state index < -0.39 is 17.6 Å². The molecule has 0 atom stereocenters. The summed E-state index contributed by atoms with van der Waals surface area (Å²) in [6.07, 6.45) is -4.43. The number of carbonyl (C=O) groups excluding carboxylic acids is 1. The van der Waals surface area contributed by atoms with Crippen molar-refractivity contribution in [1.29, 1.82) is 0 Å². The second-order valence-corrected chi connectivity index (χ2v) is 4.85. The van der Waals surface area contributed by atoms with Gasteiger partial charge in [-0.1, -0.05) is 23.8 Å². The number of benzene rings is 2. The van der Waals surface area contributed by atoms with E-state index >= 15 is 0 Å². The Balaban J connectivity index is 2.24. The summed E-state index contributed by atoms with van der Waals surface area (Å²) in [6, 6.07) is 9.87. The Morgan fingerprint density at radius 2 is 1.76 bits per heavy atom. The molecule has 0 saturated heterocycles. The van der Waals surface area contributed by atoms with Gasteiger partial charge >= 0.3 is 6.18 Å². The molecule has 2 aromatic carbocycles. The van der Waals surface area contributed by atoms with Crippen molar-refractivity contribution < 1.29 is 18.0 Å². The van der Waals surface area contributed by atoms with Crippen LogP contribution in [0.15, 0.2) is 42.5 Å². The standard InChI is InChI=1S/C16H14F3NO/c1-10-6-7-14(11(2)8-10)15(21)20-13-5-3-4-12(9-13)16(17,18)19/h3-9H,1-2H3,(H,20,21). The van der Waals surface area contributed by atoms with Crippen LogP contribution in [-0.2, 0) is 6.18 Å². The lowest BCUT2D eigenvalue weighted by molar-refractivity contribution is -0.137. The first-order valence-electron chi connectivity index (χ1n) is 6.33. The van der Waals surface area contributed by atoms with Crippen molar-refractivity contribution in [2.75, 3.05) is 5.32 Å². The van der Waals surface area contributed by atoms with Gasteiger partial charge in [-0.25, -0.2) is 0 Å². The lowest BCUT2D eigenvalue weighted by atomic mass is 10.1. The molecule has 0 aromatic heterocycles. The van der Waals surface area contributed by atoms with Crippen LogP contribution in [0.1, 0.15) is 27.0 Å². The minimum Gasteiger partial charge on any atom is -0.322 e. The molecule has 0 aliphatic heterocycles. The molecule has 21 heavy (non-hydrogen) atoms. The molecule has 5 heteroatoms. The molecule has 0 saturated carbocycles. The summed E-state index contributed by atoms with van der Waals surface area (Å²) in [4.78, 5) is 12.1. The summed E-state index contributed by atoms with van der Waals surface area (Å²) in [5.74, 6) is -0.424. The number of aryl methyl sites for hydroxylation is 2. The van der Waals surface area contributed by atoms with Crippen LogP contribution in [-0.4, -0.2) is 5.91 Å². The van der Waals surface area contributed by atoms with Gasteiger partial charge in [-0.15, -0.1) is 0 Å². The summed E-state index contributed by atoms with van der Waals surface area (Å²) in [5, 5.41) is 2.49. The highest BCUT2D eigenvalue weighted by Crippen LogP contribution is 2.30. The van der Waals surface area contributed by atoms with Crippen LogP contribution in [0, 0.1) is 13.8 Å². The average molecular weight is 293 g/mol. The number of alkyl halides is 3. The highest BCUT2D eigenvalue weighted by molar-refractivity contribution is 6.05. The molecule has 0 unspecified atom stereocenters. The van der Waals surface area contributed by atoms with Gasteiger partial charge in [0.05, 0.1) is 5.56 Å². The van der Waals surface area contributed by atoms with Crippen LogP contribution in [0.4, 0.5) is 18.9 Å². The highest BCUT2D eigenvalue weighted by atomic mass is 19.4. The van der Waals surface area contributed by atoms with Crippen LogP contribution in [0.3, 0.4) is 0 Å². The van der Waals surface area contributed by atoms with E-state index in [1.165, 1.54) is 12.1 Å². The zero-order chi connectivity index (χ0) is 15.6. The maximum atomic E-state index is 12.6. The zero-order valence-corrected chi connectivity index (χ0v) is 11.6. The molecule has 0 bridgehead atoms. The average Bonchev–Trinajstić information content (AvgIpc) is 2.37. The SMILES string of the molecule is Cc1ccc(C(=O)Nc2cccc(C(F)(F)F)c2)c(C)c1. The number of carbonyl (C=O) groups is 1. The molecule has 0 spiro atoms. The van der Waals surface area contributed by atoms with Crippen molar-refractivity contribution in [3.63, 3.8) is 0 Å². The van der Waals surface area contributed by atoms with Crippen LogP contribution in [0.5, 0.6) is 0 Å². The third-order valence-corrected chi connectivity index (χ3v) is 3.07. The van der Waals surface area contributed by atoms with Crippen LogP contribution in [0.25, 0.3) is 0 Å². The number of halogens is 3. The fourth-order valence-electron chi connectivity index (χ4n) is 2.04. The monoisotopic (exact) mass is 293 g/mol. The summed E-state index contributed by atoms with van der Waals surface area (Å²) < 4.78 is 37.9. The Hall–Kier alpha value is -2.30. The summed E-state index contributed by atoms with van der Waals surface area (Å²) >= 11 is 0. The fourth-order valence-corrected chi connectivity index (χ4v) is 2.04. The lowest BCUT2D eigenvalue weighted by Crippen LogP contribution is -2.14. The first kappa shape index (κ1) is 15.1. The summed E-state index contributed by atoms with van der Waals surface area (Å²) in [5.41, 5.74) is 1.57. The van der Waals surface area contributed by atoms with Gasteiger partial charge < -0.3 is 5.32 Å². The van der Waals surface area contributed by atoms with Gasteiger partial charge in [0.25, 0.3) is 5.91 Å². The third-order valence-electron chi connectivity index (χ3n) is 3.07. The van der Waals surface area contributed by atoms with Gasteiger partial charge in [0.1, 0.15) is 0 Å². The molecule has 0 radical (unpaired) electrons. The number of hydrogen-bond acceptors (Lipinski definition) is 1. The Morgan fingerprint density at radius 3 is 2.38 bits per heavy atom. The molecule has 0 fully saturated rings. The largest absolute Gasteiger partial charge is 0.416 e. The van der Waals surface area contributed by atoms with E-state index in [1.807, 2.05) is 13.0 Å². The first-order chi connectivity index (χ1) is 9.77. The Bertz CT molecular complexity index is 677. The van der Waals surface area contributed by atoms with Crippen molar-refractivity contribution in [1.82, 2.24) is 0 Å². The molecule has 0 aliphatic rings. The first-order valence-corrected chi connectivity index (χ1v) is 6.33. The quantitative estimate of drug-likeness (QED) is 0.863. The molecular formula is C16H14F3NO. The Morgan fingerprint density at radius 1 is 1.05 bits per heavy atom. The molecule has 1 amide bonds. The smallest absolute Gasteiger partial charge is 0.322 e. The molecule has 2 rings (SSSR count). The van der Waals surface area contributed by atoms with E-state index in [2.05, 4.69) is 5.32 Å². The number of rotatable bonds is 2. The van der Waals surface area contributed by atoms with Crippen LogP contribution in [0.2, 0.25) is 0 Å². The normalized spacial score (nSPS) is 11.3. The minimum absolute atomic E-state index is 0.120. The lowest BCUT2D eigenvalue weighted by Gasteiger charge is -2.11. The van der Waals surface area contributed by atoms with Crippen molar-refractivity contribution in [3.8, 4) is 0 Å². The molecular weight excluding hydrogens is 279 g/mol. The van der Waals surface area contributed by atoms with Gasteiger partial charge in [0.15, 0.2) is 0 Å². The van der Waals surface area contributed by atoms with Gasteiger partial charge in [-0.05, 0) is 43.7 Å². The van der Waals surface area contributed by atoms with Crippen molar-refractivity contribution in [2.45, 2.75) is 20.0 Å². The van der Waals surface area contributed by atoms with Crippen LogP contribution >= 0.6 is 0 Å². The molecule has 0 heterocycles. The van der Waals surface area contributed by atoms with Gasteiger partial charge in [-0.2, -0.15) is 13.2 Å². The van der Waals surface area contributed by atoms with Gasteiger partial charge in [0.2, 0.25) is 0 Å². The minimum atomic E-state index is -4.43. The number of nitrogens with one attached hydrogen (secondary N) is 1. The predicted molar refractivity (Wildman–Crippen MR) is 75.3 cm³/mol. The Labute approximate surface area is 120 Å². The summed E-state index contributed by atoms with van der Waals surface area (Å²) in [7, 11) is 0. The van der Waals surface area contributed by atoms with E-state index in [1.54, 1.807) is 19.1 Å². The molecule has 2 aromatic rings. The van der Waals surface area contributed by atoms with E-state index in [0.29, 0.717) is 5.56 Å². The Kier molecular flexibility index (Phi) is 4.02. The number of hydrogen-bond donors (Lipinski definition) is 1. The second kappa shape index (κ2) is 5.60. The second-order valence-electron chi connectivity index (χ2n) is 4.85. The number of amides is 1. The molecule has 2 nitrogen and oxygen atoms in total. The zero-order valence-electron chi connectivity index (χ0n) is 11.6. The van der Waals surface area contributed by atoms with E-state index in [-0.39, 0.29) is 5.69 Å². The predicted octanol–water partition coefficient (Wildman–Crippen LogP) is 4.57. The van der Waals surface area contributed by atoms with Crippen molar-refractivity contribution >= 4 is 11.6 Å². The third kappa shape index (κ3) is 3.62. The van der Waals surface area contributed by atoms with E-state index in [9.17, 15) is 18.0 Å². The maximum absolute atomic E-state index is 12.6. The van der Waals surface area contributed by atoms with Crippen molar-refractivity contribution in [3.05, 3.63) is 64.7 Å². The molecule has 1 N–H and O–H groups in total. The molecule has 110 valence electrons. The fraction of sp³-hybridized carbons (Fsp3) is 0.188. The van der Waals surface area contributed by atoms with Crippen molar-refractivity contribution in [2.24, 2.45) is 0 Å². The molecule has 0 aliphatic carbocycles. The van der Waals surface area contributed by atoms with E-state index in [0.717, 1.165) is 23.3 Å². The summed E-state index contributed by atoms with van der Waals surface area (Å²) in [6.45, 7) is 3.69. The topological polar surface area (TPSA) is 29.1 Å². The van der Waals surface area contributed by atoms with E-state index in [4.69, 9.17) is 0 Å².